The van der Waals surface area contributed by atoms with Crippen LogP contribution in [0, 0.1) is 5.92 Å². The molecule has 0 aromatic carbocycles. The van der Waals surface area contributed by atoms with Crippen LogP contribution in [0.3, 0.4) is 0 Å². The fourth-order valence-corrected chi connectivity index (χ4v) is 2.00. The van der Waals surface area contributed by atoms with E-state index in [1.54, 1.807) is 0 Å². The molecular formula is C12H23N3O2. The molecule has 0 radical (unpaired) electrons. The number of likely N-dealkylation sites (tertiary alicyclic amines) is 1. The van der Waals surface area contributed by atoms with Gasteiger partial charge >= 0.3 is 6.03 Å². The van der Waals surface area contributed by atoms with Gasteiger partial charge in [0.2, 0.25) is 5.91 Å². The van der Waals surface area contributed by atoms with Gasteiger partial charge in [-0.25, -0.2) is 4.79 Å². The molecule has 1 fully saturated rings. The molecule has 3 amide bonds. The molecule has 98 valence electrons. The van der Waals surface area contributed by atoms with Crippen molar-refractivity contribution in [2.75, 3.05) is 19.6 Å². The van der Waals surface area contributed by atoms with Gasteiger partial charge in [0.05, 0.1) is 0 Å². The van der Waals surface area contributed by atoms with E-state index in [1.165, 1.54) is 0 Å². The minimum absolute atomic E-state index is 0.0451. The Bertz CT molecular complexity index is 273. The summed E-state index contributed by atoms with van der Waals surface area (Å²) < 4.78 is 0. The molecule has 2 N–H and O–H groups in total. The molecule has 1 heterocycles. The van der Waals surface area contributed by atoms with Crippen molar-refractivity contribution in [1.82, 2.24) is 15.5 Å². The molecule has 1 saturated heterocycles. The lowest BCUT2D eigenvalue weighted by atomic mass is 10.0. The first-order chi connectivity index (χ1) is 8.06. The third kappa shape index (κ3) is 3.91. The van der Waals surface area contributed by atoms with Gasteiger partial charge in [0.15, 0.2) is 0 Å². The SMILES string of the molecule is CCNC(=O)N[C@H](C(=O)N1CCCC1)C(C)C. The van der Waals surface area contributed by atoms with Gasteiger partial charge in [0.1, 0.15) is 6.04 Å². The third-order valence-electron chi connectivity index (χ3n) is 2.97. The first-order valence-electron chi connectivity index (χ1n) is 6.39. The van der Waals surface area contributed by atoms with Crippen LogP contribution in [0.25, 0.3) is 0 Å². The maximum absolute atomic E-state index is 12.2. The standard InChI is InChI=1S/C12H23N3O2/c1-4-13-12(17)14-10(9(2)3)11(16)15-7-5-6-8-15/h9-10H,4-8H2,1-3H3,(H2,13,14,17)/t10-/m0/s1. The average Bonchev–Trinajstić information content (AvgIpc) is 2.78. The van der Waals surface area contributed by atoms with Crippen LogP contribution in [0.4, 0.5) is 4.79 Å². The Kier molecular flexibility index (Phi) is 5.25. The van der Waals surface area contributed by atoms with E-state index in [9.17, 15) is 9.59 Å². The first kappa shape index (κ1) is 13.8. The number of hydrogen-bond donors (Lipinski definition) is 2. The van der Waals surface area contributed by atoms with Crippen LogP contribution in [0.1, 0.15) is 33.6 Å². The van der Waals surface area contributed by atoms with E-state index < -0.39 is 6.04 Å². The quantitative estimate of drug-likeness (QED) is 0.770. The average molecular weight is 241 g/mol. The fourth-order valence-electron chi connectivity index (χ4n) is 2.00. The molecule has 0 spiro atoms. The number of hydrogen-bond acceptors (Lipinski definition) is 2. The number of amides is 3. The second-order valence-corrected chi connectivity index (χ2v) is 4.76. The summed E-state index contributed by atoms with van der Waals surface area (Å²) in [5.74, 6) is 0.148. The lowest BCUT2D eigenvalue weighted by Gasteiger charge is -2.26. The predicted octanol–water partition coefficient (Wildman–Crippen LogP) is 0.952. The van der Waals surface area contributed by atoms with Gasteiger partial charge in [0.25, 0.3) is 0 Å². The van der Waals surface area contributed by atoms with Crippen molar-refractivity contribution in [2.24, 2.45) is 5.92 Å². The number of nitrogens with zero attached hydrogens (tertiary/aromatic N) is 1. The summed E-state index contributed by atoms with van der Waals surface area (Å²) in [6, 6.07) is -0.682. The summed E-state index contributed by atoms with van der Waals surface area (Å²) >= 11 is 0. The molecule has 1 rings (SSSR count). The van der Waals surface area contributed by atoms with Crippen LogP contribution >= 0.6 is 0 Å². The first-order valence-corrected chi connectivity index (χ1v) is 6.39. The predicted molar refractivity (Wildman–Crippen MR) is 66.6 cm³/mol. The lowest BCUT2D eigenvalue weighted by Crippen LogP contribution is -2.53. The lowest BCUT2D eigenvalue weighted by molar-refractivity contribution is -0.133. The molecule has 17 heavy (non-hydrogen) atoms. The summed E-state index contributed by atoms with van der Waals surface area (Å²) in [6.07, 6.45) is 2.13. The Hall–Kier alpha value is -1.26. The molecule has 1 aliphatic rings. The summed E-state index contributed by atoms with van der Waals surface area (Å²) in [5.41, 5.74) is 0. The molecular weight excluding hydrogens is 218 g/mol. The summed E-state index contributed by atoms with van der Waals surface area (Å²) in [5, 5.41) is 5.41. The van der Waals surface area contributed by atoms with Gasteiger partial charge in [-0.3, -0.25) is 4.79 Å². The van der Waals surface area contributed by atoms with Gasteiger partial charge < -0.3 is 15.5 Å². The van der Waals surface area contributed by atoms with Crippen molar-refractivity contribution in [2.45, 2.75) is 39.7 Å². The molecule has 5 nitrogen and oxygen atoms in total. The van der Waals surface area contributed by atoms with Crippen molar-refractivity contribution < 1.29 is 9.59 Å². The number of rotatable bonds is 4. The van der Waals surface area contributed by atoms with E-state index in [0.29, 0.717) is 6.54 Å². The van der Waals surface area contributed by atoms with Crippen LogP contribution in [-0.2, 0) is 4.79 Å². The zero-order chi connectivity index (χ0) is 12.8. The van der Waals surface area contributed by atoms with Crippen molar-refractivity contribution in [3.05, 3.63) is 0 Å². The van der Waals surface area contributed by atoms with Gasteiger partial charge in [-0.15, -0.1) is 0 Å². The third-order valence-corrected chi connectivity index (χ3v) is 2.97. The highest BCUT2D eigenvalue weighted by Crippen LogP contribution is 2.12. The van der Waals surface area contributed by atoms with Crippen LogP contribution < -0.4 is 10.6 Å². The van der Waals surface area contributed by atoms with Gasteiger partial charge in [0, 0.05) is 19.6 Å². The molecule has 0 bridgehead atoms. The van der Waals surface area contributed by atoms with Crippen LogP contribution in [0.2, 0.25) is 0 Å². The van der Waals surface area contributed by atoms with E-state index in [0.717, 1.165) is 25.9 Å². The molecule has 0 aromatic rings. The summed E-state index contributed by atoms with van der Waals surface area (Å²) in [7, 11) is 0. The Morgan fingerprint density at radius 3 is 2.29 bits per heavy atom. The number of nitrogens with one attached hydrogen (secondary N) is 2. The minimum Gasteiger partial charge on any atom is -0.341 e. The van der Waals surface area contributed by atoms with Crippen molar-refractivity contribution in [3.63, 3.8) is 0 Å². The van der Waals surface area contributed by atoms with E-state index in [-0.39, 0.29) is 17.9 Å². The fraction of sp³-hybridized carbons (Fsp3) is 0.833. The highest BCUT2D eigenvalue weighted by molar-refractivity contribution is 5.87. The highest BCUT2D eigenvalue weighted by atomic mass is 16.2. The van der Waals surface area contributed by atoms with E-state index in [1.807, 2.05) is 25.7 Å². The number of urea groups is 1. The normalized spacial score (nSPS) is 17.1. The van der Waals surface area contributed by atoms with Gasteiger partial charge in [-0.2, -0.15) is 0 Å². The topological polar surface area (TPSA) is 61.4 Å². The Labute approximate surface area is 103 Å². The van der Waals surface area contributed by atoms with Crippen LogP contribution in [-0.4, -0.2) is 42.5 Å². The summed E-state index contributed by atoms with van der Waals surface area (Å²) in [6.45, 7) is 7.95. The Morgan fingerprint density at radius 2 is 1.82 bits per heavy atom. The molecule has 5 heteroatoms. The van der Waals surface area contributed by atoms with Crippen molar-refractivity contribution in [1.29, 1.82) is 0 Å². The van der Waals surface area contributed by atoms with Crippen molar-refractivity contribution >= 4 is 11.9 Å². The second kappa shape index (κ2) is 6.47. The molecule has 1 aliphatic heterocycles. The van der Waals surface area contributed by atoms with E-state index in [2.05, 4.69) is 10.6 Å². The van der Waals surface area contributed by atoms with Crippen LogP contribution in [0.5, 0.6) is 0 Å². The van der Waals surface area contributed by atoms with Gasteiger partial charge in [-0.1, -0.05) is 13.8 Å². The zero-order valence-electron chi connectivity index (χ0n) is 11.0. The zero-order valence-corrected chi connectivity index (χ0v) is 11.0. The molecule has 0 aliphatic carbocycles. The monoisotopic (exact) mass is 241 g/mol. The molecule has 0 saturated carbocycles. The maximum atomic E-state index is 12.2. The van der Waals surface area contributed by atoms with E-state index >= 15 is 0 Å². The number of carbonyl (C=O) groups excluding carboxylic acids is 2. The minimum atomic E-state index is -0.417. The number of carbonyl (C=O) groups is 2. The van der Waals surface area contributed by atoms with Crippen LogP contribution in [0.15, 0.2) is 0 Å². The maximum Gasteiger partial charge on any atom is 0.315 e. The highest BCUT2D eigenvalue weighted by Gasteiger charge is 2.29. The van der Waals surface area contributed by atoms with Crippen molar-refractivity contribution in [3.8, 4) is 0 Å². The molecule has 1 atom stereocenters. The largest absolute Gasteiger partial charge is 0.341 e. The van der Waals surface area contributed by atoms with E-state index in [4.69, 9.17) is 0 Å². The van der Waals surface area contributed by atoms with Gasteiger partial charge in [-0.05, 0) is 25.7 Å². The Morgan fingerprint density at radius 1 is 1.24 bits per heavy atom. The smallest absolute Gasteiger partial charge is 0.315 e. The second-order valence-electron chi connectivity index (χ2n) is 4.76. The molecule has 0 aromatic heterocycles. The summed E-state index contributed by atoms with van der Waals surface area (Å²) in [4.78, 5) is 25.5. The molecule has 0 unspecified atom stereocenters. The Balaban J connectivity index is 2.58.